The molecule has 2 aromatic rings. The van der Waals surface area contributed by atoms with Gasteiger partial charge in [-0.25, -0.2) is 8.78 Å². The Bertz CT molecular complexity index is 990. The first-order valence-corrected chi connectivity index (χ1v) is 13.2. The van der Waals surface area contributed by atoms with Crippen LogP contribution < -0.4 is 9.47 Å². The minimum absolute atomic E-state index is 0.00690. The molecule has 2 fully saturated rings. The molecule has 36 heavy (non-hydrogen) atoms. The van der Waals surface area contributed by atoms with Gasteiger partial charge in [-0.3, -0.25) is 0 Å². The molecular weight excluding hydrogens is 475 g/mol. The molecule has 0 saturated heterocycles. The quantitative estimate of drug-likeness (QED) is 0.330. The van der Waals surface area contributed by atoms with E-state index < -0.39 is 17.9 Å². The van der Waals surface area contributed by atoms with E-state index in [1.165, 1.54) is 51.4 Å². The van der Waals surface area contributed by atoms with Crippen molar-refractivity contribution in [1.29, 1.82) is 0 Å². The fraction of sp³-hybridized carbons (Fsp3) is 0.586. The highest BCUT2D eigenvalue weighted by Gasteiger charge is 2.33. The molecule has 0 aromatic heterocycles. The zero-order valence-electron chi connectivity index (χ0n) is 20.8. The third-order valence-corrected chi connectivity index (χ3v) is 8.10. The summed E-state index contributed by atoms with van der Waals surface area (Å²) in [5.74, 6) is 0.402. The summed E-state index contributed by atoms with van der Waals surface area (Å²) < 4.78 is 74.5. The van der Waals surface area contributed by atoms with Crippen LogP contribution in [0, 0.1) is 29.4 Å². The van der Waals surface area contributed by atoms with E-state index in [1.54, 1.807) is 12.1 Å². The van der Waals surface area contributed by atoms with Gasteiger partial charge in [0.05, 0.1) is 0 Å². The molecule has 2 aliphatic rings. The summed E-state index contributed by atoms with van der Waals surface area (Å²) in [6.07, 6.45) is 7.75. The van der Waals surface area contributed by atoms with Gasteiger partial charge in [-0.1, -0.05) is 44.7 Å². The number of benzene rings is 2. The highest BCUT2D eigenvalue weighted by Crippen LogP contribution is 2.44. The minimum atomic E-state index is -4.99. The van der Waals surface area contributed by atoms with Gasteiger partial charge in [0.25, 0.3) is 0 Å². The van der Waals surface area contributed by atoms with Crippen LogP contribution in [0.25, 0.3) is 0 Å². The van der Waals surface area contributed by atoms with Gasteiger partial charge >= 0.3 is 6.36 Å². The molecule has 0 aliphatic heterocycles. The maximum absolute atomic E-state index is 14.8. The molecule has 0 heterocycles. The van der Waals surface area contributed by atoms with Crippen LogP contribution in [-0.4, -0.2) is 6.36 Å². The molecule has 0 unspecified atom stereocenters. The van der Waals surface area contributed by atoms with Gasteiger partial charge in [0.15, 0.2) is 11.6 Å². The lowest BCUT2D eigenvalue weighted by molar-refractivity contribution is -0.275. The highest BCUT2D eigenvalue weighted by atomic mass is 19.4. The van der Waals surface area contributed by atoms with Crippen LogP contribution >= 0.6 is 0 Å². The van der Waals surface area contributed by atoms with E-state index >= 15 is 0 Å². The summed E-state index contributed by atoms with van der Waals surface area (Å²) in [6, 6.07) is 7.98. The second kappa shape index (κ2) is 11.8. The van der Waals surface area contributed by atoms with Crippen LogP contribution in [0.3, 0.4) is 0 Å². The average molecular weight is 511 g/mol. The largest absolute Gasteiger partial charge is 0.573 e. The van der Waals surface area contributed by atoms with Crippen molar-refractivity contribution in [3.63, 3.8) is 0 Å². The normalized spacial score (nSPS) is 24.9. The van der Waals surface area contributed by atoms with Gasteiger partial charge in [-0.2, -0.15) is 0 Å². The number of alkyl halides is 3. The van der Waals surface area contributed by atoms with Crippen molar-refractivity contribution in [3.05, 3.63) is 59.2 Å². The summed E-state index contributed by atoms with van der Waals surface area (Å²) in [5, 5.41) is 0. The highest BCUT2D eigenvalue weighted by molar-refractivity contribution is 5.34. The summed E-state index contributed by atoms with van der Waals surface area (Å²) >= 11 is 0. The van der Waals surface area contributed by atoms with Gasteiger partial charge < -0.3 is 9.47 Å². The number of halogens is 5. The maximum Gasteiger partial charge on any atom is 0.573 e. The topological polar surface area (TPSA) is 18.5 Å². The smallest absolute Gasteiger partial charge is 0.489 e. The molecule has 0 bridgehead atoms. The number of ether oxygens (including phenoxy) is 2. The summed E-state index contributed by atoms with van der Waals surface area (Å²) in [4.78, 5) is 0. The van der Waals surface area contributed by atoms with Crippen molar-refractivity contribution in [2.24, 2.45) is 17.8 Å². The van der Waals surface area contributed by atoms with E-state index in [4.69, 9.17) is 4.74 Å². The first-order valence-electron chi connectivity index (χ1n) is 13.2. The zero-order chi connectivity index (χ0) is 25.7. The van der Waals surface area contributed by atoms with E-state index in [9.17, 15) is 22.0 Å². The van der Waals surface area contributed by atoms with E-state index in [2.05, 4.69) is 11.7 Å². The van der Waals surface area contributed by atoms with Crippen LogP contribution in [-0.2, 0) is 6.61 Å². The Labute approximate surface area is 210 Å². The SMILES string of the molecule is CCCC1CCC(C2CCC(c3ccc(COc4ccc(OC(F)(F)F)c(F)c4)c(F)c3)CC2)CC1. The molecule has 0 atom stereocenters. The van der Waals surface area contributed by atoms with Crippen LogP contribution in [0.2, 0.25) is 0 Å². The zero-order valence-corrected chi connectivity index (χ0v) is 20.8. The minimum Gasteiger partial charge on any atom is -0.489 e. The molecular formula is C29H35F5O2. The van der Waals surface area contributed by atoms with Gasteiger partial charge in [0, 0.05) is 11.6 Å². The molecule has 0 radical (unpaired) electrons. The van der Waals surface area contributed by atoms with Crippen molar-refractivity contribution in [2.75, 3.05) is 0 Å². The Morgan fingerprint density at radius 3 is 2.06 bits per heavy atom. The summed E-state index contributed by atoms with van der Waals surface area (Å²) in [5.41, 5.74) is 1.31. The van der Waals surface area contributed by atoms with Crippen LogP contribution in [0.15, 0.2) is 36.4 Å². The maximum atomic E-state index is 14.8. The van der Waals surface area contributed by atoms with E-state index in [1.807, 2.05) is 6.07 Å². The molecule has 0 amide bonds. The van der Waals surface area contributed by atoms with Gasteiger partial charge in [-0.15, -0.1) is 13.2 Å². The molecule has 7 heteroatoms. The third kappa shape index (κ3) is 7.13. The van der Waals surface area contributed by atoms with Crippen LogP contribution in [0.5, 0.6) is 11.5 Å². The molecule has 0 spiro atoms. The number of hydrogen-bond donors (Lipinski definition) is 0. The summed E-state index contributed by atoms with van der Waals surface area (Å²) in [6.45, 7) is 2.12. The van der Waals surface area contributed by atoms with Crippen molar-refractivity contribution in [3.8, 4) is 11.5 Å². The molecule has 2 aromatic carbocycles. The number of hydrogen-bond acceptors (Lipinski definition) is 2. The van der Waals surface area contributed by atoms with E-state index in [0.29, 0.717) is 11.5 Å². The molecule has 2 nitrogen and oxygen atoms in total. The standard InChI is InChI=1S/C29H35F5O2/c1-2-3-19-4-6-20(7-5-19)21-8-10-22(11-9-21)23-12-13-24(26(30)16-23)18-35-25-14-15-28(27(31)17-25)36-29(32,33)34/h12-17,19-22H,2-11,18H2,1H3. The van der Waals surface area contributed by atoms with Crippen molar-refractivity contribution >= 4 is 0 Å². The molecule has 0 N–H and O–H groups in total. The monoisotopic (exact) mass is 510 g/mol. The average Bonchev–Trinajstić information content (AvgIpc) is 2.85. The Morgan fingerprint density at radius 1 is 0.806 bits per heavy atom. The Hall–Kier alpha value is -2.31. The van der Waals surface area contributed by atoms with Crippen molar-refractivity contribution < 1.29 is 31.4 Å². The fourth-order valence-electron chi connectivity index (χ4n) is 6.15. The van der Waals surface area contributed by atoms with Gasteiger partial charge in [0.2, 0.25) is 0 Å². The van der Waals surface area contributed by atoms with Crippen LogP contribution in [0.1, 0.15) is 88.2 Å². The number of rotatable bonds is 8. The predicted octanol–water partition coefficient (Wildman–Crippen LogP) is 9.32. The van der Waals surface area contributed by atoms with Gasteiger partial charge in [-0.05, 0) is 86.0 Å². The lowest BCUT2D eigenvalue weighted by atomic mass is 9.68. The van der Waals surface area contributed by atoms with Gasteiger partial charge in [0.1, 0.15) is 18.2 Å². The van der Waals surface area contributed by atoms with Crippen molar-refractivity contribution in [2.45, 2.75) is 90.0 Å². The lowest BCUT2D eigenvalue weighted by Gasteiger charge is -2.38. The third-order valence-electron chi connectivity index (χ3n) is 8.10. The molecule has 2 saturated carbocycles. The second-order valence-electron chi connectivity index (χ2n) is 10.5. The van der Waals surface area contributed by atoms with E-state index in [-0.39, 0.29) is 18.2 Å². The van der Waals surface area contributed by atoms with Crippen molar-refractivity contribution in [1.82, 2.24) is 0 Å². The summed E-state index contributed by atoms with van der Waals surface area (Å²) in [7, 11) is 0. The Kier molecular flexibility index (Phi) is 8.78. The van der Waals surface area contributed by atoms with Crippen LogP contribution in [0.4, 0.5) is 22.0 Å². The van der Waals surface area contributed by atoms with E-state index in [0.717, 1.165) is 54.4 Å². The Balaban J connectivity index is 1.27. The first kappa shape index (κ1) is 26.7. The molecule has 198 valence electrons. The first-order chi connectivity index (χ1) is 17.2. The fourth-order valence-corrected chi connectivity index (χ4v) is 6.15. The molecule has 2 aliphatic carbocycles. The molecule has 4 rings (SSSR count). The second-order valence-corrected chi connectivity index (χ2v) is 10.5. The predicted molar refractivity (Wildman–Crippen MR) is 129 cm³/mol. The Morgan fingerprint density at radius 2 is 1.47 bits per heavy atom. The lowest BCUT2D eigenvalue weighted by Crippen LogP contribution is -2.25.